The minimum Gasteiger partial charge on any atom is -0.473 e. The number of nitrogens with zero attached hydrogens (tertiary/aromatic N) is 1. The van der Waals surface area contributed by atoms with E-state index in [0.717, 1.165) is 0 Å². The number of methoxy groups -OCH3 is 1. The molecular weight excluding hydrogens is 301 g/mol. The van der Waals surface area contributed by atoms with E-state index in [1.54, 1.807) is 0 Å². The zero-order valence-corrected chi connectivity index (χ0v) is 8.74. The van der Waals surface area contributed by atoms with Crippen LogP contribution in [0.15, 0.2) is 12.2 Å². The summed E-state index contributed by atoms with van der Waals surface area (Å²) in [4.78, 5) is -2.15. The first kappa shape index (κ1) is 15.7. The van der Waals surface area contributed by atoms with E-state index in [0.29, 0.717) is 7.11 Å². The molecule has 1 aliphatic heterocycles. The average molecular weight is 305 g/mol. The molecule has 1 saturated heterocycles. The molecule has 1 fully saturated rings. The average Bonchev–Trinajstić information content (AvgIpc) is 2.21. The predicted octanol–water partition coefficient (Wildman–Crippen LogP) is 3.10. The Morgan fingerprint density at radius 3 is 1.63 bits per heavy atom. The van der Waals surface area contributed by atoms with Gasteiger partial charge in [-0.2, -0.15) is 39.5 Å². The molecule has 0 spiro atoms. The minimum absolute atomic E-state index is 0.471. The smallest absolute Gasteiger partial charge is 0.445 e. The second-order valence-electron chi connectivity index (χ2n) is 3.23. The normalized spacial score (nSPS) is 28.1. The van der Waals surface area contributed by atoms with Gasteiger partial charge >= 0.3 is 24.3 Å². The van der Waals surface area contributed by atoms with E-state index in [2.05, 4.69) is 9.47 Å². The molecule has 1 heterocycles. The Morgan fingerprint density at radius 2 is 1.32 bits per heavy atom. The first-order valence-electron chi connectivity index (χ1n) is 4.22. The van der Waals surface area contributed by atoms with E-state index in [9.17, 15) is 39.5 Å². The summed E-state index contributed by atoms with van der Waals surface area (Å²) >= 11 is 0. The van der Waals surface area contributed by atoms with E-state index < -0.39 is 41.4 Å². The Labute approximate surface area is 98.7 Å². The van der Waals surface area contributed by atoms with Crippen LogP contribution < -0.4 is 0 Å². The maximum Gasteiger partial charge on any atom is 0.445 e. The maximum absolute atomic E-state index is 13.0. The summed E-state index contributed by atoms with van der Waals surface area (Å²) in [6.45, 7) is 0. The predicted molar refractivity (Wildman–Crippen MR) is 38.9 cm³/mol. The minimum atomic E-state index is -5.98. The Bertz CT molecular complexity index is 368. The van der Waals surface area contributed by atoms with Crippen LogP contribution >= 0.6 is 0 Å². The summed E-state index contributed by atoms with van der Waals surface area (Å²) in [7, 11) is 0.471. The van der Waals surface area contributed by atoms with Gasteiger partial charge in [-0.05, 0) is 0 Å². The van der Waals surface area contributed by atoms with E-state index in [1.807, 2.05) is 0 Å². The van der Waals surface area contributed by atoms with Gasteiger partial charge < -0.3 is 4.74 Å². The molecule has 1 aliphatic rings. The summed E-state index contributed by atoms with van der Waals surface area (Å²) in [6, 6.07) is -14.1. The van der Waals surface area contributed by atoms with Crippen LogP contribution in [-0.4, -0.2) is 36.3 Å². The molecule has 0 bridgehead atoms. The van der Waals surface area contributed by atoms with Crippen LogP contribution in [0.1, 0.15) is 0 Å². The van der Waals surface area contributed by atoms with Crippen molar-refractivity contribution in [3.05, 3.63) is 12.2 Å². The van der Waals surface area contributed by atoms with E-state index in [4.69, 9.17) is 0 Å². The summed E-state index contributed by atoms with van der Waals surface area (Å²) in [6.07, 6.45) is -13.0. The fourth-order valence-corrected chi connectivity index (χ4v) is 1.06. The van der Waals surface area contributed by atoms with Gasteiger partial charge in [-0.1, -0.05) is 0 Å². The Kier molecular flexibility index (Phi) is 3.38. The molecule has 0 aromatic heterocycles. The van der Waals surface area contributed by atoms with Crippen molar-refractivity contribution in [1.82, 2.24) is 4.90 Å². The fraction of sp³-hybridized carbons (Fsp3) is 0.714. The monoisotopic (exact) mass is 305 g/mol. The van der Waals surface area contributed by atoms with Crippen LogP contribution in [0.4, 0.5) is 39.5 Å². The van der Waals surface area contributed by atoms with E-state index in [1.165, 1.54) is 0 Å². The molecule has 112 valence electrons. The third kappa shape index (κ3) is 2.17. The number of hydrogen-bond acceptors (Lipinski definition) is 3. The number of hydrogen-bond donors (Lipinski definition) is 0. The summed E-state index contributed by atoms with van der Waals surface area (Å²) < 4.78 is 120. The number of ether oxygens (including phenoxy) is 2. The molecule has 0 N–H and O–H groups in total. The van der Waals surface area contributed by atoms with Gasteiger partial charge in [0.25, 0.3) is 6.01 Å². The van der Waals surface area contributed by atoms with Crippen molar-refractivity contribution in [2.45, 2.75) is 24.3 Å². The molecule has 0 atom stereocenters. The van der Waals surface area contributed by atoms with Crippen molar-refractivity contribution >= 4 is 0 Å². The highest BCUT2D eigenvalue weighted by Gasteiger charge is 2.82. The lowest BCUT2D eigenvalue weighted by Gasteiger charge is -2.46. The van der Waals surface area contributed by atoms with E-state index >= 15 is 0 Å². The molecule has 19 heavy (non-hydrogen) atoms. The second-order valence-corrected chi connectivity index (χ2v) is 3.23. The molecule has 0 aliphatic carbocycles. The molecule has 0 amide bonds. The Balaban J connectivity index is 3.41. The van der Waals surface area contributed by atoms with Gasteiger partial charge in [-0.3, -0.25) is 0 Å². The quantitative estimate of drug-likeness (QED) is 0.444. The Hall–Kier alpha value is -1.33. The van der Waals surface area contributed by atoms with Gasteiger partial charge in [0.2, 0.25) is 0 Å². The molecule has 0 saturated carbocycles. The van der Waals surface area contributed by atoms with Crippen molar-refractivity contribution in [2.75, 3.05) is 7.11 Å². The van der Waals surface area contributed by atoms with Crippen LogP contribution in [0.2, 0.25) is 0 Å². The van der Waals surface area contributed by atoms with Crippen molar-refractivity contribution in [3.63, 3.8) is 0 Å². The van der Waals surface area contributed by atoms with Crippen molar-refractivity contribution < 1.29 is 49.0 Å². The first-order chi connectivity index (χ1) is 8.29. The highest BCUT2D eigenvalue weighted by molar-refractivity contribution is 5.01. The van der Waals surface area contributed by atoms with Crippen LogP contribution in [-0.2, 0) is 9.47 Å². The third-order valence-corrected chi connectivity index (χ3v) is 1.99. The number of morpholine rings is 1. The highest BCUT2D eigenvalue weighted by Crippen LogP contribution is 2.55. The van der Waals surface area contributed by atoms with Gasteiger partial charge in [-0.15, -0.1) is 0 Å². The van der Waals surface area contributed by atoms with Gasteiger partial charge in [-0.25, -0.2) is 9.64 Å². The molecular formula is C7H4F9NO2. The first-order valence-corrected chi connectivity index (χ1v) is 4.22. The van der Waals surface area contributed by atoms with E-state index in [-0.39, 0.29) is 0 Å². The molecule has 0 aromatic rings. The number of alkyl halides is 8. The van der Waals surface area contributed by atoms with Crippen LogP contribution in [0, 0.1) is 0 Å². The second kappa shape index (κ2) is 4.08. The van der Waals surface area contributed by atoms with Crippen molar-refractivity contribution in [2.24, 2.45) is 0 Å². The Morgan fingerprint density at radius 1 is 0.947 bits per heavy atom. The largest absolute Gasteiger partial charge is 0.473 e. The van der Waals surface area contributed by atoms with Gasteiger partial charge in [0.05, 0.1) is 13.3 Å². The molecule has 12 heteroatoms. The van der Waals surface area contributed by atoms with Crippen LogP contribution in [0.25, 0.3) is 0 Å². The summed E-state index contributed by atoms with van der Waals surface area (Å²) in [5.74, 6) is 0. The SMILES string of the molecule is CO/C(F)=C/N1C(F)(F)C(F)(F)OC(F)(F)C1(F)F. The van der Waals surface area contributed by atoms with Crippen molar-refractivity contribution in [3.8, 4) is 0 Å². The fourth-order valence-electron chi connectivity index (χ4n) is 1.06. The van der Waals surface area contributed by atoms with Crippen LogP contribution in [0.5, 0.6) is 0 Å². The number of halogens is 9. The third-order valence-electron chi connectivity index (χ3n) is 1.99. The van der Waals surface area contributed by atoms with Gasteiger partial charge in [0.1, 0.15) is 0 Å². The summed E-state index contributed by atoms with van der Waals surface area (Å²) in [5.41, 5.74) is 0. The van der Waals surface area contributed by atoms with Gasteiger partial charge in [0.15, 0.2) is 0 Å². The molecule has 0 aromatic carbocycles. The zero-order valence-electron chi connectivity index (χ0n) is 8.74. The summed E-state index contributed by atoms with van der Waals surface area (Å²) in [5, 5.41) is 0. The van der Waals surface area contributed by atoms with Gasteiger partial charge in [0, 0.05) is 0 Å². The molecule has 1 rings (SSSR count). The maximum atomic E-state index is 13.0. The zero-order chi connectivity index (χ0) is 15.3. The lowest BCUT2D eigenvalue weighted by Crippen LogP contribution is -2.72. The standard InChI is InChI=1S/C7H4F9NO2/c1-18-3(8)2-17-4(9,10)6(13,14)19-7(15,16)5(17,11)12/h2H,1H3/b3-2+. The molecule has 3 nitrogen and oxygen atoms in total. The van der Waals surface area contributed by atoms with Crippen LogP contribution in [0.3, 0.4) is 0 Å². The lowest BCUT2D eigenvalue weighted by atomic mass is 10.3. The topological polar surface area (TPSA) is 21.7 Å². The molecule has 0 unspecified atom stereocenters. The lowest BCUT2D eigenvalue weighted by molar-refractivity contribution is -0.555. The van der Waals surface area contributed by atoms with Crippen molar-refractivity contribution in [1.29, 1.82) is 0 Å². The highest BCUT2D eigenvalue weighted by atomic mass is 19.4. The molecule has 0 radical (unpaired) electrons. The number of rotatable bonds is 2.